The van der Waals surface area contributed by atoms with E-state index in [0.29, 0.717) is 6.42 Å². The van der Waals surface area contributed by atoms with Gasteiger partial charge in [0.05, 0.1) is 11.2 Å². The molecule has 2 aliphatic carbocycles. The molecule has 3 rings (SSSR count). The molecule has 5 heteroatoms. The van der Waals surface area contributed by atoms with Crippen molar-refractivity contribution in [3.63, 3.8) is 0 Å². The first-order valence-corrected chi connectivity index (χ1v) is 12.0. The van der Waals surface area contributed by atoms with Crippen molar-refractivity contribution in [3.05, 3.63) is 0 Å². The van der Waals surface area contributed by atoms with Crippen LogP contribution >= 0.6 is 0 Å². The Morgan fingerprint density at radius 1 is 1.26 bits per heavy atom. The first-order chi connectivity index (χ1) is 10.5. The SMILES string of the molecule is CCC[C@]12C[C@]3(O)C[C@@H](OC)O[C@@H]3[C@@]1(O[Si](C)(C)C(C)(C)C)C2. The van der Waals surface area contributed by atoms with Crippen LogP contribution in [-0.4, -0.2) is 44.1 Å². The fourth-order valence-electron chi connectivity index (χ4n) is 4.87. The second kappa shape index (κ2) is 5.04. The van der Waals surface area contributed by atoms with Crippen molar-refractivity contribution in [2.24, 2.45) is 5.41 Å². The van der Waals surface area contributed by atoms with E-state index in [0.717, 1.165) is 25.7 Å². The molecule has 0 aromatic carbocycles. The molecule has 1 aliphatic heterocycles. The van der Waals surface area contributed by atoms with Crippen LogP contribution in [0.1, 0.15) is 59.8 Å². The summed E-state index contributed by atoms with van der Waals surface area (Å²) in [6.45, 7) is 13.6. The molecule has 0 amide bonds. The molecule has 3 fully saturated rings. The van der Waals surface area contributed by atoms with Gasteiger partial charge in [-0.2, -0.15) is 0 Å². The van der Waals surface area contributed by atoms with Gasteiger partial charge in [-0.1, -0.05) is 34.1 Å². The monoisotopic (exact) mass is 342 g/mol. The number of aliphatic hydroxyl groups is 1. The van der Waals surface area contributed by atoms with E-state index in [9.17, 15) is 5.11 Å². The summed E-state index contributed by atoms with van der Waals surface area (Å²) in [6, 6.07) is 0. The average Bonchev–Trinajstić information content (AvgIpc) is 2.74. The molecule has 3 aliphatic rings. The Morgan fingerprint density at radius 2 is 1.91 bits per heavy atom. The van der Waals surface area contributed by atoms with Crippen LogP contribution < -0.4 is 0 Å². The highest BCUT2D eigenvalue weighted by Crippen LogP contribution is 2.77. The maximum absolute atomic E-state index is 11.2. The molecule has 0 aromatic heterocycles. The van der Waals surface area contributed by atoms with Gasteiger partial charge in [0, 0.05) is 18.9 Å². The molecular formula is C18H34O4Si. The van der Waals surface area contributed by atoms with Gasteiger partial charge in [-0.15, -0.1) is 0 Å². The highest BCUT2D eigenvalue weighted by Gasteiger charge is 2.84. The predicted molar refractivity (Wildman–Crippen MR) is 92.8 cm³/mol. The first-order valence-electron chi connectivity index (χ1n) is 9.06. The quantitative estimate of drug-likeness (QED) is 0.771. The third-order valence-electron chi connectivity index (χ3n) is 6.97. The lowest BCUT2D eigenvalue weighted by atomic mass is 9.88. The van der Waals surface area contributed by atoms with Crippen molar-refractivity contribution in [1.82, 2.24) is 0 Å². The van der Waals surface area contributed by atoms with Crippen molar-refractivity contribution in [1.29, 1.82) is 0 Å². The summed E-state index contributed by atoms with van der Waals surface area (Å²) in [5.41, 5.74) is -0.972. The number of fused-ring (bicyclic) bond motifs is 3. The van der Waals surface area contributed by atoms with Crippen molar-refractivity contribution in [2.75, 3.05) is 7.11 Å². The number of ether oxygens (including phenoxy) is 2. The lowest BCUT2D eigenvalue weighted by Gasteiger charge is -2.42. The molecule has 1 saturated heterocycles. The van der Waals surface area contributed by atoms with Gasteiger partial charge in [0.25, 0.3) is 0 Å². The van der Waals surface area contributed by atoms with Gasteiger partial charge < -0.3 is 19.0 Å². The highest BCUT2D eigenvalue weighted by atomic mass is 28.4. The van der Waals surface area contributed by atoms with E-state index in [2.05, 4.69) is 40.8 Å². The van der Waals surface area contributed by atoms with E-state index >= 15 is 0 Å². The minimum atomic E-state index is -1.93. The van der Waals surface area contributed by atoms with E-state index < -0.39 is 13.9 Å². The molecule has 4 nitrogen and oxygen atoms in total. The molecular weight excluding hydrogens is 308 g/mol. The zero-order chi connectivity index (χ0) is 17.3. The summed E-state index contributed by atoms with van der Waals surface area (Å²) in [5.74, 6) is 0. The van der Waals surface area contributed by atoms with Crippen LogP contribution in [0.2, 0.25) is 18.1 Å². The second-order valence-electron chi connectivity index (χ2n) is 9.62. The molecule has 0 aromatic rings. The van der Waals surface area contributed by atoms with Gasteiger partial charge in [-0.25, -0.2) is 0 Å². The van der Waals surface area contributed by atoms with Crippen molar-refractivity contribution in [3.8, 4) is 0 Å². The summed E-state index contributed by atoms with van der Waals surface area (Å²) in [7, 11) is -0.278. The van der Waals surface area contributed by atoms with Crippen LogP contribution in [0, 0.1) is 5.41 Å². The lowest BCUT2D eigenvalue weighted by Crippen LogP contribution is -2.52. The van der Waals surface area contributed by atoms with E-state index in [-0.39, 0.29) is 28.4 Å². The predicted octanol–water partition coefficient (Wildman–Crippen LogP) is 3.83. The van der Waals surface area contributed by atoms with Gasteiger partial charge >= 0.3 is 0 Å². The largest absolute Gasteiger partial charge is 0.408 e. The average molecular weight is 343 g/mol. The van der Waals surface area contributed by atoms with Crippen LogP contribution in [-0.2, 0) is 13.9 Å². The Hall–Kier alpha value is 0.0569. The third-order valence-corrected chi connectivity index (χ3v) is 11.5. The van der Waals surface area contributed by atoms with E-state index in [4.69, 9.17) is 13.9 Å². The standard InChI is InChI=1S/C18H34O4Si/c1-8-9-16-11-17(19)10-13(20-5)21-14(17)18(16,12-16)22-23(6,7)15(2,3)4/h13-14,19H,8-12H2,1-7H3/t13-,14-,16+,17+,18-/m0/s1. The smallest absolute Gasteiger partial charge is 0.192 e. The topological polar surface area (TPSA) is 47.9 Å². The molecule has 0 radical (unpaired) electrons. The Morgan fingerprint density at radius 3 is 2.43 bits per heavy atom. The molecule has 23 heavy (non-hydrogen) atoms. The fraction of sp³-hybridized carbons (Fsp3) is 1.00. The maximum atomic E-state index is 11.2. The van der Waals surface area contributed by atoms with Gasteiger partial charge in [0.15, 0.2) is 14.6 Å². The minimum absolute atomic E-state index is 0.107. The molecule has 0 unspecified atom stereocenters. The molecule has 1 N–H and O–H groups in total. The van der Waals surface area contributed by atoms with Crippen molar-refractivity contribution in [2.45, 2.75) is 102 Å². The molecule has 0 bridgehead atoms. The Labute approximate surface area is 142 Å². The van der Waals surface area contributed by atoms with Crippen molar-refractivity contribution >= 4 is 8.32 Å². The van der Waals surface area contributed by atoms with Crippen LogP contribution in [0.15, 0.2) is 0 Å². The summed E-state index contributed by atoms with van der Waals surface area (Å²) in [4.78, 5) is 0. The molecule has 5 atom stereocenters. The maximum Gasteiger partial charge on any atom is 0.192 e. The molecule has 0 spiro atoms. The molecule has 2 saturated carbocycles. The van der Waals surface area contributed by atoms with Gasteiger partial charge in [0.2, 0.25) is 0 Å². The summed E-state index contributed by atoms with van der Waals surface area (Å²) in [5, 5.41) is 11.4. The van der Waals surface area contributed by atoms with Gasteiger partial charge in [0.1, 0.15) is 6.10 Å². The fourth-order valence-corrected chi connectivity index (χ4v) is 6.48. The molecule has 1 heterocycles. The van der Waals surface area contributed by atoms with Crippen LogP contribution in [0.4, 0.5) is 0 Å². The normalized spacial score (nSPS) is 45.9. The molecule has 134 valence electrons. The van der Waals surface area contributed by atoms with Gasteiger partial charge in [-0.05, 0) is 37.4 Å². The summed E-state index contributed by atoms with van der Waals surface area (Å²) in [6.07, 6.45) is 4.10. The minimum Gasteiger partial charge on any atom is -0.408 e. The summed E-state index contributed by atoms with van der Waals surface area (Å²) >= 11 is 0. The Balaban J connectivity index is 1.92. The lowest BCUT2D eigenvalue weighted by molar-refractivity contribution is -0.153. The second-order valence-corrected chi connectivity index (χ2v) is 14.3. The Bertz CT molecular complexity index is 488. The number of hydrogen-bond acceptors (Lipinski definition) is 4. The zero-order valence-electron chi connectivity index (χ0n) is 15.9. The Kier molecular flexibility index (Phi) is 3.91. The zero-order valence-corrected chi connectivity index (χ0v) is 16.9. The van der Waals surface area contributed by atoms with Crippen LogP contribution in [0.3, 0.4) is 0 Å². The van der Waals surface area contributed by atoms with E-state index in [1.165, 1.54) is 0 Å². The van der Waals surface area contributed by atoms with E-state index in [1.807, 2.05) is 0 Å². The van der Waals surface area contributed by atoms with Crippen LogP contribution in [0.5, 0.6) is 0 Å². The highest BCUT2D eigenvalue weighted by molar-refractivity contribution is 6.74. The number of rotatable bonds is 5. The van der Waals surface area contributed by atoms with Crippen molar-refractivity contribution < 1.29 is 19.0 Å². The number of hydrogen-bond donors (Lipinski definition) is 1. The number of methoxy groups -OCH3 is 1. The van der Waals surface area contributed by atoms with E-state index in [1.54, 1.807) is 7.11 Å². The van der Waals surface area contributed by atoms with Gasteiger partial charge in [-0.3, -0.25) is 0 Å². The summed E-state index contributed by atoms with van der Waals surface area (Å²) < 4.78 is 18.5. The first kappa shape index (κ1) is 17.9. The van der Waals surface area contributed by atoms with Crippen LogP contribution in [0.25, 0.3) is 0 Å². The third kappa shape index (κ3) is 2.38.